The fraction of sp³-hybridized carbons (Fsp3) is 0.579. The van der Waals surface area contributed by atoms with Crippen LogP contribution in [0.3, 0.4) is 0 Å². The minimum atomic E-state index is -4.41. The first-order chi connectivity index (χ1) is 14.7. The van der Waals surface area contributed by atoms with Crippen molar-refractivity contribution in [3.63, 3.8) is 0 Å². The number of likely N-dealkylation sites (tertiary alicyclic amines) is 1. The Balaban J connectivity index is 1.24. The van der Waals surface area contributed by atoms with Crippen molar-refractivity contribution in [1.82, 2.24) is 24.2 Å². The van der Waals surface area contributed by atoms with Crippen LogP contribution in [-0.4, -0.2) is 70.9 Å². The quantitative estimate of drug-likeness (QED) is 0.739. The maximum absolute atomic E-state index is 12.6. The summed E-state index contributed by atoms with van der Waals surface area (Å²) in [5.74, 6) is 0.198. The van der Waals surface area contributed by atoms with E-state index in [9.17, 15) is 21.6 Å². The smallest absolute Gasteiger partial charge is 0.417 e. The Labute approximate surface area is 178 Å². The molecule has 2 aromatic rings. The van der Waals surface area contributed by atoms with Crippen molar-refractivity contribution in [3.05, 3.63) is 36.4 Å². The number of ether oxygens (including phenoxy) is 1. The maximum atomic E-state index is 12.6. The molecule has 2 aromatic heterocycles. The number of piperidine rings is 2. The summed E-state index contributed by atoms with van der Waals surface area (Å²) in [6, 6.07) is 2.53. The number of pyridine rings is 1. The van der Waals surface area contributed by atoms with Gasteiger partial charge in [-0.05, 0) is 31.7 Å². The van der Waals surface area contributed by atoms with Gasteiger partial charge in [-0.2, -0.15) is 17.5 Å². The minimum Gasteiger partial charge on any atom is -0.474 e. The largest absolute Gasteiger partial charge is 0.474 e. The zero-order valence-electron chi connectivity index (χ0n) is 16.8. The molecule has 8 nitrogen and oxygen atoms in total. The molecule has 31 heavy (non-hydrogen) atoms. The summed E-state index contributed by atoms with van der Waals surface area (Å²) in [6.07, 6.45) is 1.94. The highest BCUT2D eigenvalue weighted by atomic mass is 32.2. The van der Waals surface area contributed by atoms with Crippen LogP contribution in [0.2, 0.25) is 0 Å². The molecule has 0 aliphatic carbocycles. The molecule has 0 aromatic carbocycles. The summed E-state index contributed by atoms with van der Waals surface area (Å²) in [5.41, 5.74) is -0.796. The van der Waals surface area contributed by atoms with E-state index >= 15 is 0 Å². The molecule has 0 radical (unpaired) electrons. The fourth-order valence-electron chi connectivity index (χ4n) is 4.12. The highest BCUT2D eigenvalue weighted by Gasteiger charge is 2.34. The standard InChI is InChI=1S/C19H24F3N5O3S/c20-19(21,22)14-1-2-17(24-11-14)30-16-5-7-26(8-6-16)15-3-9-27(10-4-15)31(28,29)18-12-23-13-25-18/h1-2,11-13,15-16H,3-10H2,(H,23,25). The molecule has 4 heterocycles. The number of sulfonamides is 1. The average molecular weight is 459 g/mol. The number of nitrogens with one attached hydrogen (secondary N) is 1. The molecular formula is C19H24F3N5O3S. The van der Waals surface area contributed by atoms with Crippen molar-refractivity contribution in [2.45, 2.75) is 49.0 Å². The van der Waals surface area contributed by atoms with E-state index in [1.54, 1.807) is 0 Å². The number of rotatable bonds is 5. The third kappa shape index (κ3) is 5.01. The first kappa shape index (κ1) is 22.0. The number of aromatic nitrogens is 3. The van der Waals surface area contributed by atoms with Crippen LogP contribution in [0.25, 0.3) is 0 Å². The average Bonchev–Trinajstić information content (AvgIpc) is 3.30. The van der Waals surface area contributed by atoms with Gasteiger partial charge in [-0.1, -0.05) is 0 Å². The molecule has 2 aliphatic rings. The summed E-state index contributed by atoms with van der Waals surface area (Å²) < 4.78 is 70.3. The summed E-state index contributed by atoms with van der Waals surface area (Å²) in [5, 5.41) is 0.112. The predicted octanol–water partition coefficient (Wildman–Crippen LogP) is 2.52. The van der Waals surface area contributed by atoms with Crippen molar-refractivity contribution in [3.8, 4) is 5.88 Å². The lowest BCUT2D eigenvalue weighted by Crippen LogP contribution is -2.50. The molecule has 4 rings (SSSR count). The van der Waals surface area contributed by atoms with Crippen LogP contribution in [0.15, 0.2) is 35.9 Å². The molecule has 0 saturated carbocycles. The molecule has 1 N–H and O–H groups in total. The second-order valence-corrected chi connectivity index (χ2v) is 9.69. The molecule has 0 bridgehead atoms. The van der Waals surface area contributed by atoms with Crippen LogP contribution in [0.5, 0.6) is 5.88 Å². The van der Waals surface area contributed by atoms with Gasteiger partial charge in [0.15, 0.2) is 5.03 Å². The van der Waals surface area contributed by atoms with Crippen LogP contribution < -0.4 is 4.74 Å². The van der Waals surface area contributed by atoms with Gasteiger partial charge < -0.3 is 14.6 Å². The van der Waals surface area contributed by atoms with Crippen molar-refractivity contribution in [2.75, 3.05) is 26.2 Å². The molecule has 170 valence electrons. The van der Waals surface area contributed by atoms with E-state index in [1.807, 2.05) is 0 Å². The number of H-pyrrole nitrogens is 1. The second-order valence-electron chi connectivity index (χ2n) is 7.79. The SMILES string of the molecule is O=S(=O)(c1cnc[nH]1)N1CCC(N2CCC(Oc3ccc(C(F)(F)F)cn3)CC2)CC1. The Morgan fingerprint density at radius 1 is 1.03 bits per heavy atom. The van der Waals surface area contributed by atoms with Gasteiger partial charge in [0, 0.05) is 44.5 Å². The Hall–Kier alpha value is -2.18. The summed E-state index contributed by atoms with van der Waals surface area (Å²) in [7, 11) is -3.53. The number of imidazole rings is 1. The monoisotopic (exact) mass is 459 g/mol. The molecule has 12 heteroatoms. The van der Waals surface area contributed by atoms with Gasteiger partial charge >= 0.3 is 6.18 Å². The van der Waals surface area contributed by atoms with E-state index in [2.05, 4.69) is 19.9 Å². The van der Waals surface area contributed by atoms with Crippen LogP contribution in [0.4, 0.5) is 13.2 Å². The number of nitrogens with zero attached hydrogens (tertiary/aromatic N) is 4. The molecule has 0 atom stereocenters. The summed E-state index contributed by atoms with van der Waals surface area (Å²) in [4.78, 5) is 12.6. The van der Waals surface area contributed by atoms with Crippen molar-refractivity contribution >= 4 is 10.0 Å². The lowest BCUT2D eigenvalue weighted by Gasteiger charge is -2.41. The third-order valence-electron chi connectivity index (χ3n) is 5.86. The topological polar surface area (TPSA) is 91.4 Å². The summed E-state index contributed by atoms with van der Waals surface area (Å²) >= 11 is 0. The van der Waals surface area contributed by atoms with Crippen LogP contribution >= 0.6 is 0 Å². The molecule has 0 unspecified atom stereocenters. The van der Waals surface area contributed by atoms with Crippen molar-refractivity contribution in [2.24, 2.45) is 0 Å². The van der Waals surface area contributed by atoms with Gasteiger partial charge in [0.05, 0.1) is 18.1 Å². The van der Waals surface area contributed by atoms with Crippen LogP contribution in [0.1, 0.15) is 31.2 Å². The van der Waals surface area contributed by atoms with Gasteiger partial charge in [-0.15, -0.1) is 0 Å². The first-order valence-electron chi connectivity index (χ1n) is 10.2. The van der Waals surface area contributed by atoms with Crippen LogP contribution in [0, 0.1) is 0 Å². The van der Waals surface area contributed by atoms with E-state index in [1.165, 1.54) is 22.9 Å². The van der Waals surface area contributed by atoms with Crippen LogP contribution in [-0.2, 0) is 16.2 Å². The zero-order valence-corrected chi connectivity index (χ0v) is 17.6. The Bertz CT molecular complexity index is 951. The molecule has 0 spiro atoms. The van der Waals surface area contributed by atoms with E-state index in [4.69, 9.17) is 4.74 Å². The number of hydrogen-bond donors (Lipinski definition) is 1. The first-order valence-corrected chi connectivity index (χ1v) is 11.6. The summed E-state index contributed by atoms with van der Waals surface area (Å²) in [6.45, 7) is 2.50. The van der Waals surface area contributed by atoms with Gasteiger partial charge in [0.25, 0.3) is 10.0 Å². The number of alkyl halides is 3. The third-order valence-corrected chi connectivity index (χ3v) is 7.68. The minimum absolute atomic E-state index is 0.0960. The number of aromatic amines is 1. The van der Waals surface area contributed by atoms with Crippen molar-refractivity contribution in [1.29, 1.82) is 0 Å². The van der Waals surface area contributed by atoms with Gasteiger partial charge in [-0.3, -0.25) is 0 Å². The molecule has 0 amide bonds. The lowest BCUT2D eigenvalue weighted by molar-refractivity contribution is -0.137. The molecule has 2 fully saturated rings. The van der Waals surface area contributed by atoms with E-state index < -0.39 is 21.8 Å². The lowest BCUT2D eigenvalue weighted by atomic mass is 10.00. The highest BCUT2D eigenvalue weighted by molar-refractivity contribution is 7.89. The fourth-order valence-corrected chi connectivity index (χ4v) is 5.48. The van der Waals surface area contributed by atoms with E-state index in [-0.39, 0.29) is 17.0 Å². The predicted molar refractivity (Wildman–Crippen MR) is 105 cm³/mol. The maximum Gasteiger partial charge on any atom is 0.417 e. The number of halogens is 3. The molecule has 2 saturated heterocycles. The van der Waals surface area contributed by atoms with Gasteiger partial charge in [0.1, 0.15) is 6.10 Å². The van der Waals surface area contributed by atoms with Gasteiger partial charge in [-0.25, -0.2) is 18.4 Å². The highest BCUT2D eigenvalue weighted by Crippen LogP contribution is 2.30. The normalized spacial score (nSPS) is 20.7. The second kappa shape index (κ2) is 8.75. The van der Waals surface area contributed by atoms with E-state index in [0.29, 0.717) is 19.1 Å². The Morgan fingerprint density at radius 3 is 2.29 bits per heavy atom. The zero-order chi connectivity index (χ0) is 22.1. The molecule has 2 aliphatic heterocycles. The van der Waals surface area contributed by atoms with Gasteiger partial charge in [0.2, 0.25) is 5.88 Å². The van der Waals surface area contributed by atoms with Crippen molar-refractivity contribution < 1.29 is 26.3 Å². The Kier molecular flexibility index (Phi) is 6.22. The number of hydrogen-bond acceptors (Lipinski definition) is 6. The Morgan fingerprint density at radius 2 is 1.74 bits per heavy atom. The molecular weight excluding hydrogens is 435 g/mol. The van der Waals surface area contributed by atoms with E-state index in [0.717, 1.165) is 51.0 Å².